The average Bonchev–Trinajstić information content (AvgIpc) is 3.98. The van der Waals surface area contributed by atoms with Crippen molar-refractivity contribution in [3.05, 3.63) is 66.2 Å². The van der Waals surface area contributed by atoms with Crippen LogP contribution in [0.1, 0.15) is 72.6 Å². The summed E-state index contributed by atoms with van der Waals surface area (Å²) in [6.07, 6.45) is 8.07. The number of carbonyl (C=O) groups excluding carboxylic acids is 5. The predicted octanol–water partition coefficient (Wildman–Crippen LogP) is 1.46. The molecular formula is C36H54NNaO13. The molecule has 4 aliphatic heterocycles. The molecule has 0 aromatic heterocycles. The Labute approximate surface area is 324 Å². The molecule has 0 spiro atoms. The van der Waals surface area contributed by atoms with Gasteiger partial charge in [0.2, 0.25) is 0 Å². The Bertz CT molecular complexity index is 1130. The SMILES string of the molecule is C=C1CCOC1=O.C=Nc1ccccc1.CCCC.CCO/C=C1\CCOC1=O.CCOC=O.CO.O=C1CCCO1.O=C1OCC/C1=C\[O-].[Na+]. The van der Waals surface area contributed by atoms with Gasteiger partial charge >= 0.3 is 53.4 Å². The molecule has 4 aliphatic rings. The fourth-order valence-electron chi connectivity index (χ4n) is 2.84. The van der Waals surface area contributed by atoms with E-state index in [0.29, 0.717) is 89.2 Å². The number of hydrogen-bond donors (Lipinski definition) is 1. The van der Waals surface area contributed by atoms with Crippen molar-refractivity contribution in [2.24, 2.45) is 4.99 Å². The van der Waals surface area contributed by atoms with Gasteiger partial charge in [-0.1, -0.05) is 51.5 Å². The van der Waals surface area contributed by atoms with Crippen molar-refractivity contribution in [1.29, 1.82) is 0 Å². The molecule has 1 aromatic carbocycles. The molecule has 4 saturated heterocycles. The van der Waals surface area contributed by atoms with Crippen LogP contribution >= 0.6 is 0 Å². The van der Waals surface area contributed by atoms with Crippen molar-refractivity contribution >= 4 is 42.8 Å². The topological polar surface area (TPSA) is 196 Å². The number of aliphatic hydroxyl groups excluding tert-OH is 1. The molecule has 1 N–H and O–H groups in total. The van der Waals surface area contributed by atoms with E-state index in [4.69, 9.17) is 9.84 Å². The third-order valence-corrected chi connectivity index (χ3v) is 5.66. The van der Waals surface area contributed by atoms with Gasteiger partial charge in [-0.25, -0.2) is 14.4 Å². The summed E-state index contributed by atoms with van der Waals surface area (Å²) < 4.78 is 27.2. The van der Waals surface area contributed by atoms with Crippen LogP contribution in [-0.2, 0) is 52.4 Å². The number of cyclic esters (lactones) is 4. The van der Waals surface area contributed by atoms with Gasteiger partial charge < -0.3 is 38.6 Å². The van der Waals surface area contributed by atoms with Crippen LogP contribution in [0.5, 0.6) is 0 Å². The second kappa shape index (κ2) is 40.4. The predicted molar refractivity (Wildman–Crippen MR) is 186 cm³/mol. The van der Waals surface area contributed by atoms with Crippen molar-refractivity contribution < 1.29 is 92.2 Å². The molecule has 0 atom stereocenters. The maximum absolute atomic E-state index is 10.7. The van der Waals surface area contributed by atoms with E-state index < -0.39 is 5.97 Å². The second-order valence-corrected chi connectivity index (χ2v) is 9.37. The molecule has 4 heterocycles. The maximum atomic E-state index is 10.7. The first kappa shape index (κ1) is 53.8. The summed E-state index contributed by atoms with van der Waals surface area (Å²) in [6, 6.07) is 9.64. The van der Waals surface area contributed by atoms with Gasteiger partial charge in [-0.05, 0) is 39.1 Å². The summed E-state index contributed by atoms with van der Waals surface area (Å²) in [5.74, 6) is -0.983. The van der Waals surface area contributed by atoms with Crippen molar-refractivity contribution in [1.82, 2.24) is 0 Å². The summed E-state index contributed by atoms with van der Waals surface area (Å²) in [7, 11) is 1.00. The maximum Gasteiger partial charge on any atom is 1.00 e. The van der Waals surface area contributed by atoms with E-state index in [1.54, 1.807) is 6.92 Å². The van der Waals surface area contributed by atoms with E-state index >= 15 is 0 Å². The summed E-state index contributed by atoms with van der Waals surface area (Å²) >= 11 is 0. The van der Waals surface area contributed by atoms with Gasteiger partial charge in [0, 0.05) is 43.9 Å². The molecule has 0 amide bonds. The van der Waals surface area contributed by atoms with Gasteiger partial charge in [0.15, 0.2) is 0 Å². The molecule has 0 radical (unpaired) electrons. The molecular weight excluding hydrogens is 677 g/mol. The molecule has 282 valence electrons. The molecule has 5 rings (SSSR count). The van der Waals surface area contributed by atoms with Gasteiger partial charge in [-0.15, -0.1) is 6.26 Å². The fraction of sp³-hybridized carbons (Fsp3) is 0.500. The summed E-state index contributed by atoms with van der Waals surface area (Å²) in [4.78, 5) is 54.2. The minimum Gasteiger partial charge on any atom is -0.878 e. The summed E-state index contributed by atoms with van der Waals surface area (Å²) in [5.41, 5.74) is 2.42. The second-order valence-electron chi connectivity index (χ2n) is 9.37. The number of para-hydroxylation sites is 1. The standard InChI is InChI=1S/C7H7N.C7H10O3.C5H6O3.C5H6O2.C4H6O2.C4H10.C3H6O2.CH4O.Na/c1-8-7-5-3-2-4-6-7;1-2-9-5-6-3-4-10-7(6)8;6-3-4-1-2-8-5(4)7;1-4-2-3-7-5(4)6;5-4-2-1-3-6-4;1-3-4-2;1-2-5-3-4;1-2;/h2-6H,1H2;5H,2-4H2,1H3;3,6H,1-2H2;1-3H2;1-3H2;3-4H2,1-2H3;3H,2H2,1H3;2H,1H3;/q;;;;;;;;+1/p-1/b;6-5+;4-3+;;;;;;. The molecule has 4 fully saturated rings. The van der Waals surface area contributed by atoms with Crippen LogP contribution in [0.4, 0.5) is 5.69 Å². The van der Waals surface area contributed by atoms with Crippen molar-refractivity contribution in [3.8, 4) is 0 Å². The molecule has 15 heteroatoms. The quantitative estimate of drug-likeness (QED) is 0.0841. The minimum atomic E-state index is -0.458. The summed E-state index contributed by atoms with van der Waals surface area (Å²) in [6.45, 7) is 18.4. The minimum absolute atomic E-state index is 0. The van der Waals surface area contributed by atoms with E-state index in [-0.39, 0.29) is 53.0 Å². The van der Waals surface area contributed by atoms with Crippen molar-refractivity contribution in [3.63, 3.8) is 0 Å². The molecule has 0 saturated carbocycles. The summed E-state index contributed by atoms with van der Waals surface area (Å²) in [5, 5.41) is 16.9. The Morgan fingerprint density at radius 1 is 0.765 bits per heavy atom. The first-order valence-corrected chi connectivity index (χ1v) is 16.1. The smallest absolute Gasteiger partial charge is 0.878 e. The average molecular weight is 732 g/mol. The van der Waals surface area contributed by atoms with E-state index in [9.17, 15) is 29.1 Å². The zero-order valence-corrected chi connectivity index (χ0v) is 33.0. The Balaban J connectivity index is -0.000000254. The van der Waals surface area contributed by atoms with Gasteiger partial charge in [-0.3, -0.25) is 14.6 Å². The number of esters is 4. The van der Waals surface area contributed by atoms with Crippen LogP contribution in [0.25, 0.3) is 0 Å². The van der Waals surface area contributed by atoms with Crippen LogP contribution in [0.15, 0.2) is 71.1 Å². The molecule has 0 bridgehead atoms. The van der Waals surface area contributed by atoms with Crippen LogP contribution in [0.2, 0.25) is 0 Å². The van der Waals surface area contributed by atoms with Gasteiger partial charge in [0.1, 0.15) is 0 Å². The number of benzene rings is 1. The zero-order chi connectivity index (χ0) is 38.4. The molecule has 0 aliphatic carbocycles. The third-order valence-electron chi connectivity index (χ3n) is 5.66. The normalized spacial score (nSPS) is 15.8. The van der Waals surface area contributed by atoms with Gasteiger partial charge in [-0.2, -0.15) is 0 Å². The van der Waals surface area contributed by atoms with E-state index in [1.165, 1.54) is 19.1 Å². The molecule has 14 nitrogen and oxygen atoms in total. The molecule has 0 unspecified atom stereocenters. The monoisotopic (exact) mass is 731 g/mol. The Morgan fingerprint density at radius 3 is 1.49 bits per heavy atom. The number of carbonyl (C=O) groups is 5. The molecule has 1 aromatic rings. The van der Waals surface area contributed by atoms with Crippen LogP contribution in [0, 0.1) is 0 Å². The molecule has 51 heavy (non-hydrogen) atoms. The largest absolute Gasteiger partial charge is 1.00 e. The van der Waals surface area contributed by atoms with E-state index in [0.717, 1.165) is 19.2 Å². The number of aliphatic hydroxyl groups is 1. The van der Waals surface area contributed by atoms with Gasteiger partial charge in [0.05, 0.1) is 57.2 Å². The number of hydrogen-bond acceptors (Lipinski definition) is 14. The number of unbranched alkanes of at least 4 members (excludes halogenated alkanes) is 1. The number of rotatable bonds is 6. The van der Waals surface area contributed by atoms with Crippen molar-refractivity contribution in [2.45, 2.75) is 72.6 Å². The Morgan fingerprint density at radius 2 is 1.27 bits per heavy atom. The first-order chi connectivity index (χ1) is 24.1. The van der Waals surface area contributed by atoms with Crippen LogP contribution < -0.4 is 34.7 Å². The number of aliphatic imine (C=N–C) groups is 1. The zero-order valence-electron chi connectivity index (χ0n) is 31.0. The van der Waals surface area contributed by atoms with Crippen LogP contribution in [0.3, 0.4) is 0 Å². The Hall–Kier alpha value is -3.98. The first-order valence-electron chi connectivity index (χ1n) is 16.1. The number of ether oxygens (including phenoxy) is 6. The Kier molecular flexibility index (Phi) is 42.7. The fourth-order valence-corrected chi connectivity index (χ4v) is 2.84. The van der Waals surface area contributed by atoms with Crippen LogP contribution in [-0.4, -0.2) is 88.9 Å². The van der Waals surface area contributed by atoms with Gasteiger partial charge in [0.25, 0.3) is 6.47 Å². The third kappa shape index (κ3) is 33.0. The van der Waals surface area contributed by atoms with Crippen molar-refractivity contribution in [2.75, 3.05) is 46.8 Å². The number of nitrogens with zero attached hydrogens (tertiary/aromatic N) is 1. The van der Waals surface area contributed by atoms with E-state index in [2.05, 4.69) is 55.8 Å². The van der Waals surface area contributed by atoms with E-state index in [1.807, 2.05) is 37.3 Å².